The highest BCUT2D eigenvalue weighted by atomic mass is 32.2. The smallest absolute Gasteiger partial charge is 0.366 e. The highest BCUT2D eigenvalue weighted by Crippen LogP contribution is 2.30. The number of carbonyl (C=O) groups is 1. The van der Waals surface area contributed by atoms with E-state index in [1.807, 2.05) is 4.72 Å². The van der Waals surface area contributed by atoms with Crippen molar-refractivity contribution in [1.29, 1.82) is 0 Å². The predicted molar refractivity (Wildman–Crippen MR) is 77.2 cm³/mol. The van der Waals surface area contributed by atoms with E-state index in [1.54, 1.807) is 0 Å². The maximum absolute atomic E-state index is 14.0. The Balaban J connectivity index is 2.36. The first-order valence-corrected chi connectivity index (χ1v) is 7.79. The van der Waals surface area contributed by atoms with E-state index >= 15 is 0 Å². The Labute approximate surface area is 134 Å². The maximum Gasteiger partial charge on any atom is 0.416 e. The van der Waals surface area contributed by atoms with Gasteiger partial charge in [-0.3, -0.25) is 9.52 Å². The fraction of sp³-hybridized carbons (Fsp3) is 0.0714. The topological polar surface area (TPSA) is 89.3 Å². The minimum absolute atomic E-state index is 0.501. The Morgan fingerprint density at radius 2 is 1.62 bits per heavy atom. The normalized spacial score (nSPS) is 12.0. The summed E-state index contributed by atoms with van der Waals surface area (Å²) >= 11 is 0. The van der Waals surface area contributed by atoms with Gasteiger partial charge in [-0.05, 0) is 36.4 Å². The molecule has 1 amide bonds. The first-order chi connectivity index (χ1) is 11.0. The zero-order valence-electron chi connectivity index (χ0n) is 11.8. The Bertz CT molecular complexity index is 878. The van der Waals surface area contributed by atoms with Crippen molar-refractivity contribution >= 4 is 21.6 Å². The third kappa shape index (κ3) is 3.65. The second-order valence-electron chi connectivity index (χ2n) is 4.66. The molecule has 24 heavy (non-hydrogen) atoms. The van der Waals surface area contributed by atoms with Crippen molar-refractivity contribution in [3.8, 4) is 0 Å². The fourth-order valence-electron chi connectivity index (χ4n) is 1.83. The molecule has 2 aromatic rings. The van der Waals surface area contributed by atoms with Gasteiger partial charge in [0.15, 0.2) is 5.82 Å². The van der Waals surface area contributed by atoms with E-state index < -0.39 is 49.6 Å². The maximum atomic E-state index is 14.0. The van der Waals surface area contributed by atoms with Crippen LogP contribution in [0.15, 0.2) is 47.4 Å². The van der Waals surface area contributed by atoms with Gasteiger partial charge in [0, 0.05) is 0 Å². The van der Waals surface area contributed by atoms with Gasteiger partial charge in [-0.25, -0.2) is 12.8 Å². The summed E-state index contributed by atoms with van der Waals surface area (Å²) in [5, 5.41) is 0. The summed E-state index contributed by atoms with van der Waals surface area (Å²) in [6.07, 6.45) is -4.61. The summed E-state index contributed by atoms with van der Waals surface area (Å²) < 4.78 is 77.6. The second kappa shape index (κ2) is 6.11. The summed E-state index contributed by atoms with van der Waals surface area (Å²) in [4.78, 5) is 10.5. The Hall–Kier alpha value is -2.62. The van der Waals surface area contributed by atoms with Crippen LogP contribution in [0.1, 0.15) is 15.9 Å². The molecule has 5 nitrogen and oxygen atoms in total. The molecule has 0 spiro atoms. The quantitative estimate of drug-likeness (QED) is 0.820. The predicted octanol–water partition coefficient (Wildman–Crippen LogP) is 2.74. The van der Waals surface area contributed by atoms with Crippen molar-refractivity contribution in [3.63, 3.8) is 0 Å². The zero-order valence-corrected chi connectivity index (χ0v) is 12.6. The number of primary amides is 1. The molecular weight excluding hydrogens is 352 g/mol. The zero-order chi connectivity index (χ0) is 18.1. The number of benzene rings is 2. The van der Waals surface area contributed by atoms with E-state index in [9.17, 15) is 30.8 Å². The monoisotopic (exact) mass is 362 g/mol. The van der Waals surface area contributed by atoms with E-state index in [4.69, 9.17) is 5.73 Å². The van der Waals surface area contributed by atoms with Crippen molar-refractivity contribution in [2.75, 3.05) is 4.72 Å². The molecule has 2 aromatic carbocycles. The molecule has 0 heterocycles. The van der Waals surface area contributed by atoms with Crippen LogP contribution < -0.4 is 10.5 Å². The SMILES string of the molecule is NC(=O)c1cccc(NS(=O)(=O)c2ccc(C(F)(F)F)cc2)c1F. The number of alkyl halides is 3. The van der Waals surface area contributed by atoms with E-state index in [2.05, 4.69) is 0 Å². The molecule has 0 radical (unpaired) electrons. The van der Waals surface area contributed by atoms with Gasteiger partial charge in [-0.2, -0.15) is 13.2 Å². The van der Waals surface area contributed by atoms with Gasteiger partial charge in [-0.15, -0.1) is 0 Å². The van der Waals surface area contributed by atoms with Crippen LogP contribution in [0, 0.1) is 5.82 Å². The van der Waals surface area contributed by atoms with Gasteiger partial charge in [0.25, 0.3) is 15.9 Å². The summed E-state index contributed by atoms with van der Waals surface area (Å²) in [6, 6.07) is 5.96. The number of hydrogen-bond donors (Lipinski definition) is 2. The van der Waals surface area contributed by atoms with Crippen LogP contribution in [-0.4, -0.2) is 14.3 Å². The van der Waals surface area contributed by atoms with Gasteiger partial charge < -0.3 is 5.73 Å². The van der Waals surface area contributed by atoms with Crippen molar-refractivity contribution < 1.29 is 30.8 Å². The highest BCUT2D eigenvalue weighted by Gasteiger charge is 2.30. The first-order valence-electron chi connectivity index (χ1n) is 6.31. The van der Waals surface area contributed by atoms with Gasteiger partial charge >= 0.3 is 6.18 Å². The molecule has 0 atom stereocenters. The average Bonchev–Trinajstić information content (AvgIpc) is 2.48. The lowest BCUT2D eigenvalue weighted by Gasteiger charge is -2.11. The number of sulfonamides is 1. The molecule has 10 heteroatoms. The molecule has 2 rings (SSSR count). The molecule has 0 aliphatic heterocycles. The van der Waals surface area contributed by atoms with Crippen molar-refractivity contribution in [2.24, 2.45) is 5.73 Å². The molecule has 0 aliphatic carbocycles. The number of nitrogens with two attached hydrogens (primary N) is 1. The summed E-state index contributed by atoms with van der Waals surface area (Å²) in [5.41, 5.74) is 2.85. The van der Waals surface area contributed by atoms with Crippen molar-refractivity contribution in [2.45, 2.75) is 11.1 Å². The fourth-order valence-corrected chi connectivity index (χ4v) is 2.89. The number of hydrogen-bond acceptors (Lipinski definition) is 3. The Morgan fingerprint density at radius 1 is 1.04 bits per heavy atom. The van der Waals surface area contributed by atoms with Gasteiger partial charge in [0.1, 0.15) is 0 Å². The van der Waals surface area contributed by atoms with Gasteiger partial charge in [0.05, 0.1) is 21.7 Å². The summed E-state index contributed by atoms with van der Waals surface area (Å²) in [6.45, 7) is 0. The lowest BCUT2D eigenvalue weighted by Crippen LogP contribution is -2.18. The Kier molecular flexibility index (Phi) is 4.52. The number of halogens is 4. The van der Waals surface area contributed by atoms with Crippen LogP contribution >= 0.6 is 0 Å². The third-order valence-corrected chi connectivity index (χ3v) is 4.38. The lowest BCUT2D eigenvalue weighted by molar-refractivity contribution is -0.137. The largest absolute Gasteiger partial charge is 0.416 e. The van der Waals surface area contributed by atoms with Crippen LogP contribution in [-0.2, 0) is 16.2 Å². The van der Waals surface area contributed by atoms with Crippen molar-refractivity contribution in [3.05, 3.63) is 59.4 Å². The summed E-state index contributed by atoms with van der Waals surface area (Å²) in [5.74, 6) is -2.27. The van der Waals surface area contributed by atoms with Gasteiger partial charge in [0.2, 0.25) is 0 Å². The van der Waals surface area contributed by atoms with E-state index in [0.29, 0.717) is 12.1 Å². The lowest BCUT2D eigenvalue weighted by atomic mass is 10.2. The van der Waals surface area contributed by atoms with E-state index in [1.165, 1.54) is 6.07 Å². The molecule has 0 aromatic heterocycles. The van der Waals surface area contributed by atoms with Crippen LogP contribution in [0.25, 0.3) is 0 Å². The Morgan fingerprint density at radius 3 is 2.12 bits per heavy atom. The first kappa shape index (κ1) is 17.7. The molecule has 0 fully saturated rings. The molecule has 0 unspecified atom stereocenters. The third-order valence-electron chi connectivity index (χ3n) is 3.00. The van der Waals surface area contributed by atoms with Crippen LogP contribution in [0.3, 0.4) is 0 Å². The molecule has 0 saturated carbocycles. The molecule has 0 saturated heterocycles. The minimum Gasteiger partial charge on any atom is -0.366 e. The van der Waals surface area contributed by atoms with E-state index in [-0.39, 0.29) is 0 Å². The van der Waals surface area contributed by atoms with Crippen LogP contribution in [0.4, 0.5) is 23.2 Å². The average molecular weight is 362 g/mol. The molecule has 128 valence electrons. The van der Waals surface area contributed by atoms with Crippen LogP contribution in [0.2, 0.25) is 0 Å². The number of rotatable bonds is 4. The summed E-state index contributed by atoms with van der Waals surface area (Å²) in [7, 11) is -4.35. The molecule has 0 aliphatic rings. The number of nitrogens with one attached hydrogen (secondary N) is 1. The second-order valence-corrected chi connectivity index (χ2v) is 6.34. The number of amides is 1. The molecular formula is C14H10F4N2O3S. The molecule has 0 bridgehead atoms. The molecule has 3 N–H and O–H groups in total. The minimum atomic E-state index is -4.61. The number of carbonyl (C=O) groups excluding carboxylic acids is 1. The van der Waals surface area contributed by atoms with Crippen molar-refractivity contribution in [1.82, 2.24) is 0 Å². The van der Waals surface area contributed by atoms with Crippen LogP contribution in [0.5, 0.6) is 0 Å². The van der Waals surface area contributed by atoms with Gasteiger partial charge in [-0.1, -0.05) is 6.07 Å². The number of anilines is 1. The van der Waals surface area contributed by atoms with E-state index in [0.717, 1.165) is 24.3 Å². The highest BCUT2D eigenvalue weighted by molar-refractivity contribution is 7.92. The standard InChI is InChI=1S/C14H10F4N2O3S/c15-12-10(13(19)21)2-1-3-11(12)20-24(22,23)9-6-4-8(5-7-9)14(16,17)18/h1-7,20H,(H2,19,21).